The first-order valence-corrected chi connectivity index (χ1v) is 14.4. The Hall–Kier alpha value is -0.200. The third-order valence-electron chi connectivity index (χ3n) is 6.72. The molecule has 0 aromatic rings. The van der Waals surface area contributed by atoms with Crippen molar-refractivity contribution in [2.24, 2.45) is 10.8 Å². The second-order valence-corrected chi connectivity index (χ2v) is 14.6. The van der Waals surface area contributed by atoms with E-state index in [1.54, 1.807) is 0 Å². The number of nitrogens with one attached hydrogen (secondary N) is 2. The predicted octanol–water partition coefficient (Wildman–Crippen LogP) is 6.74. The Morgan fingerprint density at radius 3 is 1.89 bits per heavy atom. The van der Waals surface area contributed by atoms with E-state index in [0.717, 1.165) is 58.5 Å². The molecular formula is C30H62N2O3. The van der Waals surface area contributed by atoms with Gasteiger partial charge in [-0.25, -0.2) is 0 Å². The van der Waals surface area contributed by atoms with Gasteiger partial charge in [0.25, 0.3) is 0 Å². The minimum Gasteiger partial charge on any atom is -0.381 e. The Balaban J connectivity index is 2.05. The molecule has 0 atom stereocenters. The van der Waals surface area contributed by atoms with Gasteiger partial charge in [0.1, 0.15) is 0 Å². The summed E-state index contributed by atoms with van der Waals surface area (Å²) < 4.78 is 17.5. The molecule has 0 unspecified atom stereocenters. The predicted molar refractivity (Wildman–Crippen MR) is 150 cm³/mol. The van der Waals surface area contributed by atoms with Gasteiger partial charge >= 0.3 is 0 Å². The van der Waals surface area contributed by atoms with Gasteiger partial charge in [-0.1, -0.05) is 48.0 Å². The second kappa shape index (κ2) is 15.3. The van der Waals surface area contributed by atoms with Crippen molar-refractivity contribution in [2.45, 2.75) is 144 Å². The summed E-state index contributed by atoms with van der Waals surface area (Å²) in [5.74, 6) is 0. The lowest BCUT2D eigenvalue weighted by molar-refractivity contribution is -0.0528. The van der Waals surface area contributed by atoms with Crippen LogP contribution in [0.1, 0.15) is 121 Å². The van der Waals surface area contributed by atoms with E-state index >= 15 is 0 Å². The molecule has 0 amide bonds. The van der Waals surface area contributed by atoms with Gasteiger partial charge < -0.3 is 24.8 Å². The molecule has 1 fully saturated rings. The number of ether oxygens (including phenoxy) is 3. The van der Waals surface area contributed by atoms with Crippen LogP contribution in [0.15, 0.2) is 0 Å². The molecule has 0 aromatic carbocycles. The fraction of sp³-hybridized carbons (Fsp3) is 1.00. The molecule has 0 heterocycles. The molecule has 1 aliphatic carbocycles. The van der Waals surface area contributed by atoms with E-state index in [1.165, 1.54) is 19.3 Å². The zero-order valence-corrected chi connectivity index (χ0v) is 25.3. The molecule has 1 saturated carbocycles. The molecule has 0 saturated heterocycles. The largest absolute Gasteiger partial charge is 0.381 e. The average Bonchev–Trinajstić information content (AvgIpc) is 2.67. The highest BCUT2D eigenvalue weighted by Gasteiger charge is 2.34. The van der Waals surface area contributed by atoms with E-state index in [1.807, 2.05) is 0 Å². The highest BCUT2D eigenvalue weighted by Crippen LogP contribution is 2.28. The molecular weight excluding hydrogens is 436 g/mol. The molecule has 5 heteroatoms. The monoisotopic (exact) mass is 498 g/mol. The Labute approximate surface area is 219 Å². The summed E-state index contributed by atoms with van der Waals surface area (Å²) in [5, 5.41) is 7.61. The fourth-order valence-electron chi connectivity index (χ4n) is 4.37. The SMILES string of the molecule is CC(C)(C)CCCCOCCCNC(C)(C)CCC(C)(C)N[C@H]1C[C@H](OCCOCC(C)(C)C)C1. The number of rotatable bonds is 19. The fourth-order valence-corrected chi connectivity index (χ4v) is 4.37. The molecule has 35 heavy (non-hydrogen) atoms. The molecule has 1 rings (SSSR count). The Morgan fingerprint density at radius 2 is 1.26 bits per heavy atom. The van der Waals surface area contributed by atoms with Crippen LogP contribution in [0.25, 0.3) is 0 Å². The van der Waals surface area contributed by atoms with Crippen molar-refractivity contribution in [3.63, 3.8) is 0 Å². The van der Waals surface area contributed by atoms with Gasteiger partial charge in [-0.2, -0.15) is 0 Å². The van der Waals surface area contributed by atoms with Crippen molar-refractivity contribution in [3.8, 4) is 0 Å². The lowest BCUT2D eigenvalue weighted by Crippen LogP contribution is -2.54. The van der Waals surface area contributed by atoms with Crippen LogP contribution in [0.4, 0.5) is 0 Å². The van der Waals surface area contributed by atoms with Gasteiger partial charge in [-0.05, 0) is 90.0 Å². The number of hydrogen-bond acceptors (Lipinski definition) is 5. The summed E-state index contributed by atoms with van der Waals surface area (Å²) in [7, 11) is 0. The van der Waals surface area contributed by atoms with Crippen molar-refractivity contribution >= 4 is 0 Å². The lowest BCUT2D eigenvalue weighted by atomic mass is 9.84. The van der Waals surface area contributed by atoms with E-state index in [0.29, 0.717) is 30.8 Å². The zero-order chi connectivity index (χ0) is 26.6. The van der Waals surface area contributed by atoms with Crippen LogP contribution in [-0.4, -0.2) is 62.8 Å². The summed E-state index contributed by atoms with van der Waals surface area (Å²) >= 11 is 0. The van der Waals surface area contributed by atoms with Gasteiger partial charge in [0.15, 0.2) is 0 Å². The molecule has 0 aromatic heterocycles. The van der Waals surface area contributed by atoms with Crippen LogP contribution in [0.5, 0.6) is 0 Å². The van der Waals surface area contributed by atoms with Crippen molar-refractivity contribution in [3.05, 3.63) is 0 Å². The number of unbranched alkanes of at least 4 members (excludes halogenated alkanes) is 1. The van der Waals surface area contributed by atoms with E-state index in [4.69, 9.17) is 14.2 Å². The summed E-state index contributed by atoms with van der Waals surface area (Å²) in [6, 6.07) is 0.571. The molecule has 1 aliphatic rings. The van der Waals surface area contributed by atoms with Crippen molar-refractivity contribution < 1.29 is 14.2 Å². The Morgan fingerprint density at radius 1 is 0.629 bits per heavy atom. The van der Waals surface area contributed by atoms with E-state index in [2.05, 4.69) is 79.9 Å². The minimum atomic E-state index is 0.139. The van der Waals surface area contributed by atoms with Crippen LogP contribution >= 0.6 is 0 Å². The molecule has 0 aliphatic heterocycles. The number of hydrogen-bond donors (Lipinski definition) is 2. The standard InChI is InChI=1S/C30H62N2O3/c1-27(2,3)14-11-12-18-33-19-13-17-31-29(7,8)15-16-30(9,10)32-25-22-26(23-25)35-21-20-34-24-28(4,5)6/h25-26,31-32H,11-24H2,1-10H3/t25-,26-. The van der Waals surface area contributed by atoms with Gasteiger partial charge in [0, 0.05) is 30.3 Å². The first-order valence-electron chi connectivity index (χ1n) is 14.4. The normalized spacial score (nSPS) is 19.7. The Bertz CT molecular complexity index is 543. The molecule has 5 nitrogen and oxygen atoms in total. The summed E-state index contributed by atoms with van der Waals surface area (Å²) in [6.07, 6.45) is 9.71. The van der Waals surface area contributed by atoms with Gasteiger partial charge in [0.2, 0.25) is 0 Å². The van der Waals surface area contributed by atoms with E-state index < -0.39 is 0 Å². The van der Waals surface area contributed by atoms with Gasteiger partial charge in [-0.15, -0.1) is 0 Å². The quantitative estimate of drug-likeness (QED) is 0.193. The summed E-state index contributed by atoms with van der Waals surface area (Å²) in [4.78, 5) is 0. The summed E-state index contributed by atoms with van der Waals surface area (Å²) in [6.45, 7) is 27.8. The van der Waals surface area contributed by atoms with Crippen LogP contribution in [-0.2, 0) is 14.2 Å². The zero-order valence-electron chi connectivity index (χ0n) is 25.3. The van der Waals surface area contributed by atoms with E-state index in [9.17, 15) is 0 Å². The third-order valence-corrected chi connectivity index (χ3v) is 6.72. The Kier molecular flexibility index (Phi) is 14.3. The third kappa shape index (κ3) is 18.7. The topological polar surface area (TPSA) is 51.8 Å². The maximum atomic E-state index is 5.97. The molecule has 2 N–H and O–H groups in total. The molecule has 0 radical (unpaired) electrons. The average molecular weight is 499 g/mol. The van der Waals surface area contributed by atoms with Crippen LogP contribution in [0, 0.1) is 10.8 Å². The maximum Gasteiger partial charge on any atom is 0.0704 e. The van der Waals surface area contributed by atoms with Crippen LogP contribution < -0.4 is 10.6 Å². The summed E-state index contributed by atoms with van der Waals surface area (Å²) in [5.41, 5.74) is 0.946. The molecule has 210 valence electrons. The smallest absolute Gasteiger partial charge is 0.0704 e. The van der Waals surface area contributed by atoms with Crippen LogP contribution in [0.3, 0.4) is 0 Å². The first kappa shape index (κ1) is 32.8. The van der Waals surface area contributed by atoms with Gasteiger partial charge in [-0.3, -0.25) is 0 Å². The van der Waals surface area contributed by atoms with Gasteiger partial charge in [0.05, 0.1) is 25.9 Å². The first-order chi connectivity index (χ1) is 16.1. The lowest BCUT2D eigenvalue weighted by Gasteiger charge is -2.42. The molecule has 0 spiro atoms. The maximum absolute atomic E-state index is 5.97. The van der Waals surface area contributed by atoms with Crippen molar-refractivity contribution in [1.29, 1.82) is 0 Å². The minimum absolute atomic E-state index is 0.139. The van der Waals surface area contributed by atoms with Crippen LogP contribution in [0.2, 0.25) is 0 Å². The highest BCUT2D eigenvalue weighted by molar-refractivity contribution is 4.93. The second-order valence-electron chi connectivity index (χ2n) is 14.6. The highest BCUT2D eigenvalue weighted by atomic mass is 16.5. The van der Waals surface area contributed by atoms with Crippen molar-refractivity contribution in [2.75, 3.05) is 39.6 Å². The van der Waals surface area contributed by atoms with Crippen molar-refractivity contribution in [1.82, 2.24) is 10.6 Å². The van der Waals surface area contributed by atoms with E-state index in [-0.39, 0.29) is 16.5 Å². The molecule has 0 bridgehead atoms.